The van der Waals surface area contributed by atoms with Crippen molar-refractivity contribution in [1.29, 1.82) is 0 Å². The molecule has 6 heteroatoms. The standard InChI is InChI=1S/C71H114O6/c1-4-7-10-13-16-19-22-25-26-27-28-29-30-31-32-33-34-35-36-37-38-39-40-41-42-43-44-47-49-52-55-58-61-64-70(73)76-67-68(77-71(74)65-62-59-56-53-50-46-24-21-18-15-12-9-6-3)66-75-69(72)63-60-57-54-51-48-45-23-20-17-14-11-8-5-2/h7,9-10,12,16,18-19,21,25-26,28-29,31-32,34-35,37-38,40-41,46,50,56,59,68H,4-6,8,11,13-15,17,20,22-24,27,30,33,36,39,42-45,47-49,51-55,57-58,60-67H2,1-3H3/b10-7-,12-9-,19-16-,21-18-,26-25-,29-28-,32-31-,35-34-,38-37-,41-40-,50-46-,59-56-. The van der Waals surface area contributed by atoms with Crippen LogP contribution in [0.2, 0.25) is 0 Å². The molecule has 0 spiro atoms. The summed E-state index contributed by atoms with van der Waals surface area (Å²) in [6.45, 7) is 6.34. The highest BCUT2D eigenvalue weighted by molar-refractivity contribution is 5.71. The summed E-state index contributed by atoms with van der Waals surface area (Å²) in [5.41, 5.74) is 0. The lowest BCUT2D eigenvalue weighted by molar-refractivity contribution is -0.166. The van der Waals surface area contributed by atoms with Gasteiger partial charge in [0.15, 0.2) is 6.10 Å². The Morgan fingerprint density at radius 1 is 0.273 bits per heavy atom. The van der Waals surface area contributed by atoms with Crippen molar-refractivity contribution in [1.82, 2.24) is 0 Å². The number of allylic oxidation sites excluding steroid dienone is 24. The predicted octanol–water partition coefficient (Wildman–Crippen LogP) is 21.5. The summed E-state index contributed by atoms with van der Waals surface area (Å²) in [5.74, 6) is -1.00. The zero-order valence-corrected chi connectivity index (χ0v) is 49.7. The number of rotatable bonds is 55. The Bertz CT molecular complexity index is 1700. The number of carbonyl (C=O) groups is 3. The van der Waals surface area contributed by atoms with Crippen molar-refractivity contribution in [2.75, 3.05) is 13.2 Å². The summed E-state index contributed by atoms with van der Waals surface area (Å²) < 4.78 is 16.8. The van der Waals surface area contributed by atoms with Gasteiger partial charge in [-0.15, -0.1) is 0 Å². The molecule has 77 heavy (non-hydrogen) atoms. The quantitative estimate of drug-likeness (QED) is 0.0261. The summed E-state index contributed by atoms with van der Waals surface area (Å²) >= 11 is 0. The van der Waals surface area contributed by atoms with Crippen molar-refractivity contribution >= 4 is 17.9 Å². The Morgan fingerprint density at radius 3 is 0.844 bits per heavy atom. The molecule has 1 unspecified atom stereocenters. The zero-order valence-electron chi connectivity index (χ0n) is 49.7. The number of hydrogen-bond donors (Lipinski definition) is 0. The van der Waals surface area contributed by atoms with Crippen molar-refractivity contribution in [3.05, 3.63) is 146 Å². The van der Waals surface area contributed by atoms with Gasteiger partial charge in [-0.3, -0.25) is 14.4 Å². The molecule has 0 saturated carbocycles. The number of unbranched alkanes of at least 4 members (excludes halogenated alkanes) is 20. The normalized spacial score (nSPS) is 13.1. The molecular weight excluding hydrogens is 949 g/mol. The summed E-state index contributed by atoms with van der Waals surface area (Å²) in [5, 5.41) is 0. The van der Waals surface area contributed by atoms with Gasteiger partial charge < -0.3 is 14.2 Å². The average Bonchev–Trinajstić information content (AvgIpc) is 3.43. The van der Waals surface area contributed by atoms with Crippen LogP contribution in [0.3, 0.4) is 0 Å². The van der Waals surface area contributed by atoms with E-state index in [1.54, 1.807) is 0 Å². The molecule has 0 radical (unpaired) electrons. The highest BCUT2D eigenvalue weighted by atomic mass is 16.6. The summed E-state index contributed by atoms with van der Waals surface area (Å²) in [7, 11) is 0. The largest absolute Gasteiger partial charge is 0.462 e. The molecule has 0 fully saturated rings. The third-order valence-corrected chi connectivity index (χ3v) is 12.9. The highest BCUT2D eigenvalue weighted by Gasteiger charge is 2.19. The minimum Gasteiger partial charge on any atom is -0.462 e. The van der Waals surface area contributed by atoms with Gasteiger partial charge in [0.25, 0.3) is 0 Å². The monoisotopic (exact) mass is 1060 g/mol. The van der Waals surface area contributed by atoms with Crippen molar-refractivity contribution in [3.63, 3.8) is 0 Å². The predicted molar refractivity (Wildman–Crippen MR) is 334 cm³/mol. The highest BCUT2D eigenvalue weighted by Crippen LogP contribution is 2.15. The molecule has 0 rings (SSSR count). The van der Waals surface area contributed by atoms with E-state index in [4.69, 9.17) is 14.2 Å². The van der Waals surface area contributed by atoms with Crippen molar-refractivity contribution in [3.8, 4) is 0 Å². The average molecular weight is 1060 g/mol. The maximum absolute atomic E-state index is 12.8. The third kappa shape index (κ3) is 62.0. The van der Waals surface area contributed by atoms with Gasteiger partial charge in [-0.25, -0.2) is 0 Å². The number of ether oxygens (including phenoxy) is 3. The van der Waals surface area contributed by atoms with E-state index in [2.05, 4.69) is 154 Å². The maximum atomic E-state index is 12.8. The van der Waals surface area contributed by atoms with E-state index in [9.17, 15) is 14.4 Å². The van der Waals surface area contributed by atoms with Crippen LogP contribution in [0.5, 0.6) is 0 Å². The van der Waals surface area contributed by atoms with Crippen LogP contribution in [0.4, 0.5) is 0 Å². The van der Waals surface area contributed by atoms with Gasteiger partial charge in [-0.05, 0) is 109 Å². The van der Waals surface area contributed by atoms with Crippen LogP contribution in [0, 0.1) is 0 Å². The Balaban J connectivity index is 4.29. The van der Waals surface area contributed by atoms with E-state index in [1.807, 2.05) is 12.2 Å². The molecule has 434 valence electrons. The molecule has 6 nitrogen and oxygen atoms in total. The topological polar surface area (TPSA) is 78.9 Å². The zero-order chi connectivity index (χ0) is 55.7. The first kappa shape index (κ1) is 72.3. The molecule has 0 aliphatic rings. The maximum Gasteiger partial charge on any atom is 0.306 e. The SMILES string of the molecule is CC/C=C\C/C=C\C/C=C\C/C=C\C/C=C\C/C=C\C/C=C\C/C=C\CCCCCCCCCCC(=O)OCC(COC(=O)CCCCCCCCCCCCCCC)OC(=O)CC/C=C\C/C=C\C/C=C\C/C=C\CC. The van der Waals surface area contributed by atoms with Crippen LogP contribution in [0.15, 0.2) is 146 Å². The smallest absolute Gasteiger partial charge is 0.306 e. The molecule has 0 saturated heterocycles. The number of carbonyl (C=O) groups excluding carboxylic acids is 3. The van der Waals surface area contributed by atoms with Crippen LogP contribution < -0.4 is 0 Å². The van der Waals surface area contributed by atoms with E-state index >= 15 is 0 Å². The first-order valence-electron chi connectivity index (χ1n) is 31.3. The van der Waals surface area contributed by atoms with Crippen LogP contribution in [0.1, 0.15) is 265 Å². The van der Waals surface area contributed by atoms with Crippen molar-refractivity contribution < 1.29 is 28.6 Å². The molecule has 0 amide bonds. The molecule has 0 aromatic rings. The van der Waals surface area contributed by atoms with Crippen LogP contribution in [-0.4, -0.2) is 37.2 Å². The fraction of sp³-hybridized carbons (Fsp3) is 0.620. The molecule has 0 aliphatic carbocycles. The second-order valence-corrected chi connectivity index (χ2v) is 20.2. The first-order chi connectivity index (χ1) is 38.0. The van der Waals surface area contributed by atoms with E-state index < -0.39 is 12.1 Å². The second kappa shape index (κ2) is 63.8. The molecule has 0 aliphatic heterocycles. The fourth-order valence-electron chi connectivity index (χ4n) is 8.24. The Kier molecular flexibility index (Phi) is 59.9. The second-order valence-electron chi connectivity index (χ2n) is 20.2. The first-order valence-corrected chi connectivity index (χ1v) is 31.3. The van der Waals surface area contributed by atoms with Gasteiger partial charge in [0.2, 0.25) is 0 Å². The molecule has 0 heterocycles. The molecule has 1 atom stereocenters. The number of hydrogen-bond acceptors (Lipinski definition) is 6. The summed E-state index contributed by atoms with van der Waals surface area (Å²) in [6.07, 6.45) is 91.6. The van der Waals surface area contributed by atoms with Crippen LogP contribution >= 0.6 is 0 Å². The van der Waals surface area contributed by atoms with E-state index in [-0.39, 0.29) is 31.6 Å². The van der Waals surface area contributed by atoms with Gasteiger partial charge in [-0.2, -0.15) is 0 Å². The van der Waals surface area contributed by atoms with Crippen LogP contribution in [0.25, 0.3) is 0 Å². The Hall–Kier alpha value is -4.71. The molecule has 0 aromatic heterocycles. The van der Waals surface area contributed by atoms with Crippen molar-refractivity contribution in [2.45, 2.75) is 271 Å². The van der Waals surface area contributed by atoms with E-state index in [1.165, 1.54) is 96.3 Å². The van der Waals surface area contributed by atoms with Gasteiger partial charge in [0.1, 0.15) is 13.2 Å². The lowest BCUT2D eigenvalue weighted by Crippen LogP contribution is -2.30. The van der Waals surface area contributed by atoms with Crippen LogP contribution in [-0.2, 0) is 28.6 Å². The fourth-order valence-corrected chi connectivity index (χ4v) is 8.24. The summed E-state index contributed by atoms with van der Waals surface area (Å²) in [4.78, 5) is 38.1. The van der Waals surface area contributed by atoms with Gasteiger partial charge in [-0.1, -0.05) is 282 Å². The molecular formula is C71H114O6. The van der Waals surface area contributed by atoms with E-state index in [0.717, 1.165) is 122 Å². The van der Waals surface area contributed by atoms with Gasteiger partial charge >= 0.3 is 17.9 Å². The minimum atomic E-state index is -0.823. The molecule has 0 N–H and O–H groups in total. The lowest BCUT2D eigenvalue weighted by atomic mass is 10.0. The van der Waals surface area contributed by atoms with Gasteiger partial charge in [0.05, 0.1) is 0 Å². The van der Waals surface area contributed by atoms with E-state index in [0.29, 0.717) is 19.3 Å². The lowest BCUT2D eigenvalue weighted by Gasteiger charge is -2.18. The molecule has 0 bridgehead atoms. The summed E-state index contributed by atoms with van der Waals surface area (Å²) in [6, 6.07) is 0. The van der Waals surface area contributed by atoms with Gasteiger partial charge in [0, 0.05) is 19.3 Å². The minimum absolute atomic E-state index is 0.111. The molecule has 0 aromatic carbocycles. The third-order valence-electron chi connectivity index (χ3n) is 12.9. The number of esters is 3. The Morgan fingerprint density at radius 2 is 0.532 bits per heavy atom. The van der Waals surface area contributed by atoms with Crippen molar-refractivity contribution in [2.24, 2.45) is 0 Å². The Labute approximate surface area is 474 Å².